The number of carbonyl (C=O) groups excluding carboxylic acids is 1. The molecule has 0 radical (unpaired) electrons. The Morgan fingerprint density at radius 3 is 2.14 bits per heavy atom. The highest BCUT2D eigenvalue weighted by molar-refractivity contribution is 6.30. The topological polar surface area (TPSA) is 72.5 Å². The number of ether oxygens (including phenoxy) is 2. The summed E-state index contributed by atoms with van der Waals surface area (Å²) in [6.07, 6.45) is -12.6. The zero-order valence-corrected chi connectivity index (χ0v) is 22.5. The van der Waals surface area contributed by atoms with Crippen LogP contribution < -0.4 is 20.1 Å². The fourth-order valence-electron chi connectivity index (χ4n) is 4.17. The van der Waals surface area contributed by atoms with Gasteiger partial charge >= 0.3 is 24.9 Å². The summed E-state index contributed by atoms with van der Waals surface area (Å²) in [6.45, 7) is 0. The predicted octanol–water partition coefficient (Wildman–Crippen LogP) is 8.18. The number of nitrogens with zero attached hydrogens (tertiary/aromatic N) is 1. The molecule has 1 heterocycles. The van der Waals surface area contributed by atoms with Crippen LogP contribution in [-0.2, 0) is 12.0 Å². The first-order valence-electron chi connectivity index (χ1n) is 12.3. The standard InChI is InChI=1S/C29H21ClF7N3O3/c30-20-9-14-24(38-17-20)27(16-18-5-2-1-3-6-18,19-7-4-8-23(15-19)42-28(33,34)25(31)32)40-26(41)39-21-10-12-22(13-11-21)43-29(35,36)37/h1-15,17,25H,16H2,(H2,39,40,41)/t27-/m1/s1. The second-order valence-corrected chi connectivity index (χ2v) is 9.51. The molecule has 14 heteroatoms. The van der Waals surface area contributed by atoms with E-state index in [1.807, 2.05) is 0 Å². The zero-order chi connectivity index (χ0) is 31.3. The quantitative estimate of drug-likeness (QED) is 0.174. The lowest BCUT2D eigenvalue weighted by atomic mass is 9.80. The molecule has 4 rings (SSSR count). The van der Waals surface area contributed by atoms with Crippen LogP contribution in [0.5, 0.6) is 11.5 Å². The molecule has 1 aromatic heterocycles. The number of halogens is 8. The number of amides is 2. The molecule has 2 amide bonds. The van der Waals surface area contributed by atoms with Gasteiger partial charge in [-0.1, -0.05) is 54.1 Å². The van der Waals surface area contributed by atoms with Gasteiger partial charge in [0, 0.05) is 18.3 Å². The number of anilines is 1. The van der Waals surface area contributed by atoms with Crippen LogP contribution in [0.4, 0.5) is 41.2 Å². The third kappa shape index (κ3) is 8.28. The van der Waals surface area contributed by atoms with E-state index in [4.69, 9.17) is 11.6 Å². The molecule has 3 aromatic carbocycles. The summed E-state index contributed by atoms with van der Waals surface area (Å²) < 4.78 is 99.1. The number of rotatable bonds is 10. The van der Waals surface area contributed by atoms with Gasteiger partial charge in [0.05, 0.1) is 10.7 Å². The number of pyridine rings is 1. The average Bonchev–Trinajstić information content (AvgIpc) is 2.94. The highest BCUT2D eigenvalue weighted by atomic mass is 35.5. The highest BCUT2D eigenvalue weighted by Crippen LogP contribution is 2.37. The minimum atomic E-state index is -4.91. The van der Waals surface area contributed by atoms with Crippen LogP contribution in [0, 0.1) is 0 Å². The molecule has 0 bridgehead atoms. The van der Waals surface area contributed by atoms with Crippen LogP contribution >= 0.6 is 11.6 Å². The van der Waals surface area contributed by atoms with Gasteiger partial charge in [0.15, 0.2) is 0 Å². The first kappa shape index (κ1) is 31.4. The summed E-state index contributed by atoms with van der Waals surface area (Å²) in [6, 6.07) is 19.9. The first-order chi connectivity index (χ1) is 20.3. The molecule has 0 aliphatic heterocycles. The number of urea groups is 1. The molecule has 1 atom stereocenters. The Labute approximate surface area is 245 Å². The van der Waals surface area contributed by atoms with Crippen LogP contribution in [0.1, 0.15) is 16.8 Å². The number of aromatic nitrogens is 1. The number of hydrogen-bond acceptors (Lipinski definition) is 4. The van der Waals surface area contributed by atoms with Crippen molar-refractivity contribution in [1.82, 2.24) is 10.3 Å². The fraction of sp³-hybridized carbons (Fsp3) is 0.172. The Morgan fingerprint density at radius 2 is 1.53 bits per heavy atom. The fourth-order valence-corrected chi connectivity index (χ4v) is 4.29. The van der Waals surface area contributed by atoms with Crippen LogP contribution in [0.15, 0.2) is 97.2 Å². The Hall–Kier alpha value is -4.52. The van der Waals surface area contributed by atoms with Crippen molar-refractivity contribution in [2.75, 3.05) is 5.32 Å². The van der Waals surface area contributed by atoms with E-state index in [0.717, 1.165) is 24.3 Å². The summed E-state index contributed by atoms with van der Waals surface area (Å²) in [5.74, 6) is -1.13. The third-order valence-electron chi connectivity index (χ3n) is 5.98. The van der Waals surface area contributed by atoms with Crippen LogP contribution in [0.25, 0.3) is 0 Å². The molecule has 0 aliphatic rings. The van der Waals surface area contributed by atoms with Gasteiger partial charge in [0.25, 0.3) is 0 Å². The molecule has 6 nitrogen and oxygen atoms in total. The largest absolute Gasteiger partial charge is 0.573 e. The predicted molar refractivity (Wildman–Crippen MR) is 143 cm³/mol. The van der Waals surface area contributed by atoms with Crippen molar-refractivity contribution in [2.24, 2.45) is 0 Å². The second-order valence-electron chi connectivity index (χ2n) is 9.07. The SMILES string of the molecule is O=C(Nc1ccc(OC(F)(F)F)cc1)N[C@](Cc1ccccc1)(c1cccc(OC(F)(F)C(F)F)c1)c1ccc(Cl)cn1. The molecular weight excluding hydrogens is 607 g/mol. The molecular formula is C29H21ClF7N3O3. The summed E-state index contributed by atoms with van der Waals surface area (Å²) >= 11 is 6.04. The van der Waals surface area contributed by atoms with E-state index in [-0.39, 0.29) is 28.4 Å². The van der Waals surface area contributed by atoms with E-state index in [1.54, 1.807) is 30.3 Å². The van der Waals surface area contributed by atoms with E-state index in [2.05, 4.69) is 25.1 Å². The van der Waals surface area contributed by atoms with Crippen LogP contribution in [-0.4, -0.2) is 29.9 Å². The summed E-state index contributed by atoms with van der Waals surface area (Å²) in [7, 11) is 0. The summed E-state index contributed by atoms with van der Waals surface area (Å²) in [5, 5.41) is 5.53. The Kier molecular flexibility index (Phi) is 9.34. The third-order valence-corrected chi connectivity index (χ3v) is 6.21. The Balaban J connectivity index is 1.77. The van der Waals surface area contributed by atoms with Crippen molar-refractivity contribution in [3.63, 3.8) is 0 Å². The van der Waals surface area contributed by atoms with Crippen LogP contribution in [0.2, 0.25) is 5.02 Å². The molecule has 0 aliphatic carbocycles. The van der Waals surface area contributed by atoms with Gasteiger partial charge in [0.1, 0.15) is 17.0 Å². The average molecular weight is 628 g/mol. The first-order valence-corrected chi connectivity index (χ1v) is 12.7. The molecule has 4 aromatic rings. The van der Waals surface area contributed by atoms with E-state index in [0.29, 0.717) is 5.56 Å². The number of hydrogen-bond donors (Lipinski definition) is 2. The van der Waals surface area contributed by atoms with Crippen molar-refractivity contribution in [3.05, 3.63) is 119 Å². The van der Waals surface area contributed by atoms with E-state index < -0.39 is 42.0 Å². The van der Waals surface area contributed by atoms with E-state index in [9.17, 15) is 35.5 Å². The van der Waals surface area contributed by atoms with Crippen molar-refractivity contribution in [2.45, 2.75) is 30.9 Å². The minimum absolute atomic E-state index is 0.0249. The van der Waals surface area contributed by atoms with Crippen molar-refractivity contribution >= 4 is 23.3 Å². The van der Waals surface area contributed by atoms with Gasteiger partial charge in [-0.25, -0.2) is 4.79 Å². The van der Waals surface area contributed by atoms with Crippen molar-refractivity contribution in [1.29, 1.82) is 0 Å². The maximum absolute atomic E-state index is 13.8. The number of benzene rings is 3. The van der Waals surface area contributed by atoms with Crippen LogP contribution in [0.3, 0.4) is 0 Å². The van der Waals surface area contributed by atoms with Crippen molar-refractivity contribution in [3.8, 4) is 11.5 Å². The Morgan fingerprint density at radius 1 is 0.837 bits per heavy atom. The normalized spacial score (nSPS) is 13.2. The smallest absolute Gasteiger partial charge is 0.428 e. The van der Waals surface area contributed by atoms with E-state index >= 15 is 0 Å². The molecule has 2 N–H and O–H groups in total. The summed E-state index contributed by atoms with van der Waals surface area (Å²) in [4.78, 5) is 17.8. The molecule has 0 spiro atoms. The number of carbonyl (C=O) groups is 1. The highest BCUT2D eigenvalue weighted by Gasteiger charge is 2.45. The molecule has 0 unspecified atom stereocenters. The van der Waals surface area contributed by atoms with Gasteiger partial charge in [-0.15, -0.1) is 13.2 Å². The van der Waals surface area contributed by atoms with E-state index in [1.165, 1.54) is 42.6 Å². The molecule has 0 fully saturated rings. The van der Waals surface area contributed by atoms with Gasteiger partial charge in [-0.3, -0.25) is 4.98 Å². The lowest BCUT2D eigenvalue weighted by molar-refractivity contribution is -0.274. The van der Waals surface area contributed by atoms with Gasteiger partial charge in [-0.05, 0) is 59.7 Å². The lowest BCUT2D eigenvalue weighted by Gasteiger charge is -2.35. The molecule has 43 heavy (non-hydrogen) atoms. The number of nitrogens with one attached hydrogen (secondary N) is 2. The van der Waals surface area contributed by atoms with Crippen molar-refractivity contribution < 1.29 is 45.0 Å². The summed E-state index contributed by atoms with van der Waals surface area (Å²) in [5.41, 5.74) is -0.606. The minimum Gasteiger partial charge on any atom is -0.428 e. The monoisotopic (exact) mass is 627 g/mol. The second kappa shape index (κ2) is 12.8. The Bertz CT molecular complexity index is 1520. The molecule has 0 saturated heterocycles. The van der Waals surface area contributed by atoms with Gasteiger partial charge in [0.2, 0.25) is 0 Å². The molecule has 226 valence electrons. The maximum atomic E-state index is 13.8. The zero-order valence-electron chi connectivity index (χ0n) is 21.7. The molecule has 0 saturated carbocycles. The number of alkyl halides is 7. The lowest BCUT2D eigenvalue weighted by Crippen LogP contribution is -2.50. The maximum Gasteiger partial charge on any atom is 0.573 e. The van der Waals surface area contributed by atoms with Gasteiger partial charge in [-0.2, -0.15) is 17.6 Å². The van der Waals surface area contributed by atoms with Gasteiger partial charge < -0.3 is 20.1 Å².